The average molecular weight is 242 g/mol. The molecule has 3 heteroatoms. The molecule has 0 radical (unpaired) electrons. The maximum atomic E-state index is 6.44. The van der Waals surface area contributed by atoms with Crippen LogP contribution in [0.2, 0.25) is 0 Å². The summed E-state index contributed by atoms with van der Waals surface area (Å²) in [5.74, 6) is 0. The highest BCUT2D eigenvalue weighted by Gasteiger charge is 2.37. The lowest BCUT2D eigenvalue weighted by atomic mass is 9.87. The summed E-state index contributed by atoms with van der Waals surface area (Å²) in [7, 11) is 0. The number of rotatable bonds is 2. The van der Waals surface area contributed by atoms with Crippen molar-refractivity contribution < 1.29 is 4.74 Å². The smallest absolute Gasteiger partial charge is 0.0847 e. The maximum Gasteiger partial charge on any atom is 0.0847 e. The molecule has 0 aliphatic carbocycles. The largest absolute Gasteiger partial charge is 0.373 e. The molecule has 0 amide bonds. The van der Waals surface area contributed by atoms with E-state index in [2.05, 4.69) is 30.1 Å². The predicted octanol–water partition coefficient (Wildman–Crippen LogP) is 2.80. The van der Waals surface area contributed by atoms with Crippen molar-refractivity contribution in [3.05, 3.63) is 42.1 Å². The van der Waals surface area contributed by atoms with Crippen molar-refractivity contribution in [2.24, 2.45) is 5.73 Å². The van der Waals surface area contributed by atoms with Gasteiger partial charge in [0, 0.05) is 18.2 Å². The molecular formula is C15H18N2O. The van der Waals surface area contributed by atoms with Gasteiger partial charge in [-0.3, -0.25) is 4.98 Å². The number of fused-ring (bicyclic) bond motifs is 1. The van der Waals surface area contributed by atoms with Crippen LogP contribution >= 0.6 is 0 Å². The Morgan fingerprint density at radius 2 is 2.17 bits per heavy atom. The van der Waals surface area contributed by atoms with Gasteiger partial charge in [-0.1, -0.05) is 24.3 Å². The van der Waals surface area contributed by atoms with Crippen molar-refractivity contribution in [3.63, 3.8) is 0 Å². The number of benzene rings is 1. The average Bonchev–Trinajstić information content (AvgIpc) is 2.85. The minimum atomic E-state index is -0.258. The molecule has 1 fully saturated rings. The van der Waals surface area contributed by atoms with Crippen molar-refractivity contribution in [1.82, 2.24) is 4.98 Å². The number of nitrogens with two attached hydrogens (primary N) is 1. The molecule has 2 N–H and O–H groups in total. The summed E-state index contributed by atoms with van der Waals surface area (Å²) in [6.07, 6.45) is 3.91. The minimum Gasteiger partial charge on any atom is -0.373 e. The van der Waals surface area contributed by atoms with Gasteiger partial charge in [-0.15, -0.1) is 0 Å². The number of aromatic nitrogens is 1. The summed E-state index contributed by atoms with van der Waals surface area (Å²) in [5.41, 5.74) is 8.25. The van der Waals surface area contributed by atoms with Crippen LogP contribution in [0.25, 0.3) is 10.9 Å². The number of hydrogen-bond acceptors (Lipinski definition) is 3. The topological polar surface area (TPSA) is 48.1 Å². The van der Waals surface area contributed by atoms with E-state index in [4.69, 9.17) is 10.5 Å². The zero-order chi connectivity index (χ0) is 12.6. The van der Waals surface area contributed by atoms with Gasteiger partial charge in [0.05, 0.1) is 17.2 Å². The van der Waals surface area contributed by atoms with E-state index in [1.54, 1.807) is 0 Å². The highest BCUT2D eigenvalue weighted by molar-refractivity contribution is 5.82. The molecule has 1 aromatic heterocycles. The molecule has 18 heavy (non-hydrogen) atoms. The summed E-state index contributed by atoms with van der Waals surface area (Å²) in [6.45, 7) is 2.91. The van der Waals surface area contributed by atoms with Crippen LogP contribution in [-0.2, 0) is 4.74 Å². The van der Waals surface area contributed by atoms with E-state index in [1.807, 2.05) is 18.3 Å². The minimum absolute atomic E-state index is 0.126. The van der Waals surface area contributed by atoms with Gasteiger partial charge in [0.15, 0.2) is 0 Å². The molecule has 0 bridgehead atoms. The van der Waals surface area contributed by atoms with Gasteiger partial charge in [0.1, 0.15) is 0 Å². The van der Waals surface area contributed by atoms with Gasteiger partial charge >= 0.3 is 0 Å². The molecule has 3 nitrogen and oxygen atoms in total. The SMILES string of the molecule is CC1(C(N)c2cccc3cccnc23)CCCO1. The lowest BCUT2D eigenvalue weighted by Crippen LogP contribution is -2.37. The van der Waals surface area contributed by atoms with Gasteiger partial charge in [-0.25, -0.2) is 0 Å². The van der Waals surface area contributed by atoms with E-state index in [0.29, 0.717) is 0 Å². The summed E-state index contributed by atoms with van der Waals surface area (Å²) in [5, 5.41) is 1.13. The van der Waals surface area contributed by atoms with Crippen molar-refractivity contribution in [1.29, 1.82) is 0 Å². The normalized spacial score (nSPS) is 25.4. The van der Waals surface area contributed by atoms with E-state index in [0.717, 1.165) is 35.9 Å². The Bertz CT molecular complexity index is 556. The van der Waals surface area contributed by atoms with Gasteiger partial charge in [0.2, 0.25) is 0 Å². The van der Waals surface area contributed by atoms with Gasteiger partial charge in [0.25, 0.3) is 0 Å². The van der Waals surface area contributed by atoms with E-state index in [1.165, 1.54) is 0 Å². The van der Waals surface area contributed by atoms with Crippen LogP contribution < -0.4 is 5.73 Å². The van der Waals surface area contributed by atoms with Crippen LogP contribution in [0.1, 0.15) is 31.4 Å². The van der Waals surface area contributed by atoms with Crippen LogP contribution in [0.5, 0.6) is 0 Å². The van der Waals surface area contributed by atoms with E-state index >= 15 is 0 Å². The van der Waals surface area contributed by atoms with Crippen LogP contribution in [-0.4, -0.2) is 17.2 Å². The fraction of sp³-hybridized carbons (Fsp3) is 0.400. The fourth-order valence-corrected chi connectivity index (χ4v) is 2.75. The molecule has 1 aromatic carbocycles. The summed E-state index contributed by atoms with van der Waals surface area (Å²) < 4.78 is 5.85. The molecule has 0 saturated carbocycles. The number of ether oxygens (including phenoxy) is 1. The summed E-state index contributed by atoms with van der Waals surface area (Å²) in [4.78, 5) is 4.47. The molecule has 2 atom stereocenters. The molecule has 1 saturated heterocycles. The number of para-hydroxylation sites is 1. The van der Waals surface area contributed by atoms with Gasteiger partial charge < -0.3 is 10.5 Å². The second-order valence-electron chi connectivity index (χ2n) is 5.16. The molecular weight excluding hydrogens is 224 g/mol. The van der Waals surface area contributed by atoms with Crippen molar-refractivity contribution in [2.45, 2.75) is 31.4 Å². The Morgan fingerprint density at radius 1 is 1.33 bits per heavy atom. The maximum absolute atomic E-state index is 6.44. The molecule has 0 spiro atoms. The lowest BCUT2D eigenvalue weighted by molar-refractivity contribution is -0.00143. The van der Waals surface area contributed by atoms with E-state index in [-0.39, 0.29) is 11.6 Å². The number of pyridine rings is 1. The standard InChI is InChI=1S/C15H18N2O/c1-15(8-4-10-18-15)14(16)12-7-2-5-11-6-3-9-17-13(11)12/h2-3,5-7,9,14H,4,8,10,16H2,1H3. The molecule has 1 aliphatic rings. The zero-order valence-electron chi connectivity index (χ0n) is 10.6. The summed E-state index contributed by atoms with van der Waals surface area (Å²) >= 11 is 0. The first-order valence-electron chi connectivity index (χ1n) is 6.44. The first kappa shape index (κ1) is 11.6. The van der Waals surface area contributed by atoms with Gasteiger partial charge in [-0.2, -0.15) is 0 Å². The molecule has 94 valence electrons. The first-order chi connectivity index (χ1) is 8.71. The van der Waals surface area contributed by atoms with Crippen molar-refractivity contribution >= 4 is 10.9 Å². The Kier molecular flexibility index (Phi) is 2.80. The van der Waals surface area contributed by atoms with Crippen molar-refractivity contribution in [2.75, 3.05) is 6.61 Å². The quantitative estimate of drug-likeness (QED) is 0.881. The summed E-state index contributed by atoms with van der Waals surface area (Å²) in [6, 6.07) is 10.1. The first-order valence-corrected chi connectivity index (χ1v) is 6.44. The Morgan fingerprint density at radius 3 is 2.94 bits per heavy atom. The second kappa shape index (κ2) is 4.34. The molecule has 1 aliphatic heterocycles. The van der Waals surface area contributed by atoms with Crippen LogP contribution in [0, 0.1) is 0 Å². The molecule has 2 unspecified atom stereocenters. The Balaban J connectivity index is 2.08. The molecule has 3 rings (SSSR count). The van der Waals surface area contributed by atoms with Crippen LogP contribution in [0.4, 0.5) is 0 Å². The van der Waals surface area contributed by atoms with Crippen molar-refractivity contribution in [3.8, 4) is 0 Å². The number of hydrogen-bond donors (Lipinski definition) is 1. The highest BCUT2D eigenvalue weighted by atomic mass is 16.5. The lowest BCUT2D eigenvalue weighted by Gasteiger charge is -2.31. The monoisotopic (exact) mass is 242 g/mol. The Labute approximate surface area is 107 Å². The third-order valence-electron chi connectivity index (χ3n) is 3.91. The third kappa shape index (κ3) is 1.80. The Hall–Kier alpha value is -1.45. The molecule has 2 heterocycles. The van der Waals surface area contributed by atoms with Crippen LogP contribution in [0.3, 0.4) is 0 Å². The fourth-order valence-electron chi connectivity index (χ4n) is 2.75. The van der Waals surface area contributed by atoms with Gasteiger partial charge in [-0.05, 0) is 31.4 Å². The van der Waals surface area contributed by atoms with E-state index in [9.17, 15) is 0 Å². The number of nitrogens with zero attached hydrogens (tertiary/aromatic N) is 1. The third-order valence-corrected chi connectivity index (χ3v) is 3.91. The molecule has 2 aromatic rings. The van der Waals surface area contributed by atoms with Crippen LogP contribution in [0.15, 0.2) is 36.5 Å². The zero-order valence-corrected chi connectivity index (χ0v) is 10.6. The van der Waals surface area contributed by atoms with E-state index < -0.39 is 0 Å². The predicted molar refractivity (Wildman–Crippen MR) is 72.3 cm³/mol. The highest BCUT2D eigenvalue weighted by Crippen LogP contribution is 2.37. The second-order valence-corrected chi connectivity index (χ2v) is 5.16.